The molecular formula is C25H51NO3. The maximum atomic E-state index is 10.8. The van der Waals surface area contributed by atoms with Crippen molar-refractivity contribution in [3.63, 3.8) is 0 Å². The SMILES string of the molecule is CCCCCCCCCCCCCCCCCCC(C)(O)C[N+](C)(C)CC(=O)[O-]. The zero-order valence-corrected chi connectivity index (χ0v) is 20.1. The van der Waals surface area contributed by atoms with Gasteiger partial charge in [-0.1, -0.05) is 110 Å². The van der Waals surface area contributed by atoms with Crippen molar-refractivity contribution in [2.75, 3.05) is 27.2 Å². The molecule has 1 N–H and O–H groups in total. The van der Waals surface area contributed by atoms with Crippen LogP contribution in [0.3, 0.4) is 0 Å². The van der Waals surface area contributed by atoms with E-state index in [1.165, 1.54) is 89.9 Å². The Labute approximate surface area is 181 Å². The van der Waals surface area contributed by atoms with Gasteiger partial charge >= 0.3 is 0 Å². The molecule has 0 radical (unpaired) electrons. The van der Waals surface area contributed by atoms with Crippen LogP contribution in [0, 0.1) is 0 Å². The highest BCUT2D eigenvalue weighted by molar-refractivity contribution is 5.65. The predicted molar refractivity (Wildman–Crippen MR) is 122 cm³/mol. The number of carboxylic acids is 1. The van der Waals surface area contributed by atoms with Gasteiger partial charge in [0.15, 0.2) is 0 Å². The number of hydrogen-bond donors (Lipinski definition) is 1. The monoisotopic (exact) mass is 413 g/mol. The van der Waals surface area contributed by atoms with Crippen LogP contribution in [0.4, 0.5) is 0 Å². The van der Waals surface area contributed by atoms with Crippen molar-refractivity contribution in [1.82, 2.24) is 0 Å². The Balaban J connectivity index is 3.45. The van der Waals surface area contributed by atoms with Crippen LogP contribution in [0.2, 0.25) is 0 Å². The molecule has 0 aromatic heterocycles. The summed E-state index contributed by atoms with van der Waals surface area (Å²) in [5.74, 6) is -1.06. The first-order chi connectivity index (χ1) is 13.7. The fraction of sp³-hybridized carbons (Fsp3) is 0.960. The van der Waals surface area contributed by atoms with Crippen LogP contribution in [0.5, 0.6) is 0 Å². The van der Waals surface area contributed by atoms with Gasteiger partial charge < -0.3 is 19.5 Å². The molecule has 0 saturated carbocycles. The molecule has 0 aromatic carbocycles. The molecule has 0 aliphatic rings. The minimum Gasteiger partial charge on any atom is -0.544 e. The van der Waals surface area contributed by atoms with Gasteiger partial charge in [0.25, 0.3) is 0 Å². The normalized spacial score (nSPS) is 14.1. The van der Waals surface area contributed by atoms with Crippen molar-refractivity contribution in [1.29, 1.82) is 0 Å². The number of carbonyl (C=O) groups excluding carboxylic acids is 1. The van der Waals surface area contributed by atoms with E-state index in [0.29, 0.717) is 6.54 Å². The highest BCUT2D eigenvalue weighted by Gasteiger charge is 2.30. The Hall–Kier alpha value is -0.610. The Kier molecular flexibility index (Phi) is 16.7. The molecule has 0 aliphatic heterocycles. The molecule has 4 nitrogen and oxygen atoms in total. The molecule has 0 aromatic rings. The molecule has 0 saturated heterocycles. The molecule has 0 spiro atoms. The van der Waals surface area contributed by atoms with E-state index in [4.69, 9.17) is 0 Å². The number of aliphatic carboxylic acids is 1. The van der Waals surface area contributed by atoms with E-state index in [2.05, 4.69) is 6.92 Å². The molecule has 0 rings (SSSR count). The smallest absolute Gasteiger partial charge is 0.119 e. The summed E-state index contributed by atoms with van der Waals surface area (Å²) in [4.78, 5) is 10.8. The largest absolute Gasteiger partial charge is 0.544 e. The van der Waals surface area contributed by atoms with Crippen LogP contribution in [-0.4, -0.2) is 48.3 Å². The Morgan fingerprint density at radius 1 is 0.759 bits per heavy atom. The molecule has 29 heavy (non-hydrogen) atoms. The molecular weight excluding hydrogens is 362 g/mol. The lowest BCUT2D eigenvalue weighted by Gasteiger charge is -2.36. The van der Waals surface area contributed by atoms with E-state index in [-0.39, 0.29) is 11.0 Å². The van der Waals surface area contributed by atoms with E-state index in [0.717, 1.165) is 19.3 Å². The second-order valence-electron chi connectivity index (χ2n) is 10.2. The number of carboxylic acid groups (broad SMARTS) is 1. The number of nitrogens with zero attached hydrogens (tertiary/aromatic N) is 1. The summed E-state index contributed by atoms with van der Waals surface area (Å²) in [5.41, 5.74) is -0.811. The molecule has 1 unspecified atom stereocenters. The van der Waals surface area contributed by atoms with Crippen molar-refractivity contribution in [3.8, 4) is 0 Å². The van der Waals surface area contributed by atoms with Gasteiger partial charge in [-0.15, -0.1) is 0 Å². The first kappa shape index (κ1) is 28.4. The number of rotatable bonds is 21. The summed E-state index contributed by atoms with van der Waals surface area (Å²) >= 11 is 0. The molecule has 174 valence electrons. The third-order valence-electron chi connectivity index (χ3n) is 5.89. The molecule has 0 amide bonds. The van der Waals surface area contributed by atoms with Crippen molar-refractivity contribution in [2.24, 2.45) is 0 Å². The summed E-state index contributed by atoms with van der Waals surface area (Å²) in [7, 11) is 3.66. The van der Waals surface area contributed by atoms with E-state index in [1.54, 1.807) is 0 Å². The lowest BCUT2D eigenvalue weighted by molar-refractivity contribution is -0.891. The molecule has 1 atom stereocenters. The average molecular weight is 414 g/mol. The second kappa shape index (κ2) is 17.1. The van der Waals surface area contributed by atoms with Gasteiger partial charge in [0, 0.05) is 0 Å². The summed E-state index contributed by atoms with van der Waals surface area (Å²) in [6.45, 7) is 4.48. The van der Waals surface area contributed by atoms with Crippen molar-refractivity contribution in [3.05, 3.63) is 0 Å². The summed E-state index contributed by atoms with van der Waals surface area (Å²) in [6.07, 6.45) is 22.2. The van der Waals surface area contributed by atoms with Crippen molar-refractivity contribution in [2.45, 2.75) is 129 Å². The third-order valence-corrected chi connectivity index (χ3v) is 5.89. The fourth-order valence-corrected chi connectivity index (χ4v) is 4.46. The molecule has 4 heteroatoms. The Morgan fingerprint density at radius 2 is 1.10 bits per heavy atom. The van der Waals surface area contributed by atoms with Gasteiger partial charge in [0.2, 0.25) is 0 Å². The standard InChI is InChI=1S/C25H51NO3/c1-5-6-7-8-9-10-11-12-13-14-15-16-17-18-19-20-21-25(2,29)23-26(3,4)22-24(27)28/h29H,5-23H2,1-4H3. The first-order valence-corrected chi connectivity index (χ1v) is 12.4. The average Bonchev–Trinajstić information content (AvgIpc) is 2.59. The van der Waals surface area contributed by atoms with Crippen LogP contribution in [0.15, 0.2) is 0 Å². The maximum Gasteiger partial charge on any atom is 0.119 e. The summed E-state index contributed by atoms with van der Waals surface area (Å²) in [5, 5.41) is 21.4. The van der Waals surface area contributed by atoms with Crippen LogP contribution in [0.25, 0.3) is 0 Å². The lowest BCUT2D eigenvalue weighted by atomic mass is 9.96. The van der Waals surface area contributed by atoms with Gasteiger partial charge in [-0.05, 0) is 13.3 Å². The maximum absolute atomic E-state index is 10.8. The number of hydrogen-bond acceptors (Lipinski definition) is 3. The van der Waals surface area contributed by atoms with E-state index in [1.807, 2.05) is 21.0 Å². The van der Waals surface area contributed by atoms with E-state index in [9.17, 15) is 15.0 Å². The highest BCUT2D eigenvalue weighted by Crippen LogP contribution is 2.19. The molecule has 0 fully saturated rings. The van der Waals surface area contributed by atoms with Gasteiger partial charge in [-0.2, -0.15) is 0 Å². The number of carbonyl (C=O) groups is 1. The zero-order valence-electron chi connectivity index (χ0n) is 20.1. The van der Waals surface area contributed by atoms with E-state index < -0.39 is 11.6 Å². The van der Waals surface area contributed by atoms with Gasteiger partial charge in [-0.25, -0.2) is 0 Å². The van der Waals surface area contributed by atoms with Gasteiger partial charge in [-0.3, -0.25) is 0 Å². The minimum absolute atomic E-state index is 0.0604. The summed E-state index contributed by atoms with van der Waals surface area (Å²) < 4.78 is 0.258. The Morgan fingerprint density at radius 3 is 1.45 bits per heavy atom. The topological polar surface area (TPSA) is 60.4 Å². The summed E-state index contributed by atoms with van der Waals surface area (Å²) in [6, 6.07) is 0. The van der Waals surface area contributed by atoms with E-state index >= 15 is 0 Å². The van der Waals surface area contributed by atoms with Crippen LogP contribution in [-0.2, 0) is 4.79 Å². The predicted octanol–water partition coefficient (Wildman–Crippen LogP) is 5.22. The highest BCUT2D eigenvalue weighted by atomic mass is 16.4. The van der Waals surface area contributed by atoms with Gasteiger partial charge in [0.05, 0.1) is 20.1 Å². The Bertz CT molecular complexity index is 394. The van der Waals surface area contributed by atoms with Crippen LogP contribution >= 0.6 is 0 Å². The lowest BCUT2D eigenvalue weighted by Crippen LogP contribution is -2.55. The number of unbranched alkanes of at least 4 members (excludes halogenated alkanes) is 15. The second-order valence-corrected chi connectivity index (χ2v) is 10.2. The first-order valence-electron chi connectivity index (χ1n) is 12.4. The third kappa shape index (κ3) is 20.4. The molecule has 0 aliphatic carbocycles. The minimum atomic E-state index is -1.06. The van der Waals surface area contributed by atoms with Crippen LogP contribution in [0.1, 0.15) is 123 Å². The number of quaternary nitrogens is 1. The number of likely N-dealkylation sites (N-methyl/N-ethyl adjacent to an activating group) is 1. The van der Waals surface area contributed by atoms with Crippen molar-refractivity contribution >= 4 is 5.97 Å². The fourth-order valence-electron chi connectivity index (χ4n) is 4.46. The quantitative estimate of drug-likeness (QED) is 0.207. The van der Waals surface area contributed by atoms with Crippen LogP contribution < -0.4 is 5.11 Å². The van der Waals surface area contributed by atoms with Gasteiger partial charge in [0.1, 0.15) is 18.7 Å². The number of aliphatic hydroxyl groups is 1. The zero-order chi connectivity index (χ0) is 22.0. The molecule has 0 bridgehead atoms. The molecule has 0 heterocycles. The van der Waals surface area contributed by atoms with Crippen molar-refractivity contribution < 1.29 is 19.5 Å².